The van der Waals surface area contributed by atoms with Crippen LogP contribution in [0.25, 0.3) is 11.4 Å². The Balaban J connectivity index is 1.69. The number of likely N-dealkylation sites (N-methyl/N-ethyl adjacent to an activating group) is 1. The van der Waals surface area contributed by atoms with Crippen molar-refractivity contribution < 1.29 is 39.6 Å². The number of hydrogen-bond donors (Lipinski definition) is 5. The van der Waals surface area contributed by atoms with Crippen LogP contribution in [-0.2, 0) is 25.6 Å². The zero-order valence-electron chi connectivity index (χ0n) is 21.5. The molecule has 1 saturated carbocycles. The van der Waals surface area contributed by atoms with Crippen LogP contribution >= 0.6 is 0 Å². The number of carbonyl (C=O) groups excluding carboxylic acids is 3. The van der Waals surface area contributed by atoms with Crippen LogP contribution in [0.2, 0.25) is 0 Å². The molecule has 3 aliphatic rings. The number of phenols is 1. The van der Waals surface area contributed by atoms with Crippen LogP contribution in [0.5, 0.6) is 5.75 Å². The first kappa shape index (κ1) is 26.2. The average Bonchev–Trinajstić information content (AvgIpc) is 3.33. The number of phenolic OH excluding ortho intramolecular Hbond substituents is 1. The highest BCUT2D eigenvalue weighted by Crippen LogP contribution is 2.53. The summed E-state index contributed by atoms with van der Waals surface area (Å²) in [4.78, 5) is 45.4. The number of carbonyl (C=O) groups is 3. The van der Waals surface area contributed by atoms with Gasteiger partial charge in [-0.05, 0) is 56.6 Å². The number of primary amides is 1. The summed E-state index contributed by atoms with van der Waals surface area (Å²) in [5, 5.41) is 48.4. The summed E-state index contributed by atoms with van der Waals surface area (Å²) in [6.45, 7) is 0. The van der Waals surface area contributed by atoms with Crippen molar-refractivity contribution in [3.63, 3.8) is 0 Å². The number of aromatic hydroxyl groups is 1. The number of Topliss-reactive ketones (excluding diaryl/α,β-unsaturated/α-hetero) is 2. The first-order chi connectivity index (χ1) is 18.4. The number of hydrogen-bond acceptors (Lipinski definition) is 10. The van der Waals surface area contributed by atoms with E-state index in [0.717, 1.165) is 5.56 Å². The third-order valence-electron chi connectivity index (χ3n) is 7.88. The third kappa shape index (κ3) is 3.67. The molecule has 3 aliphatic carbocycles. The van der Waals surface area contributed by atoms with E-state index < -0.39 is 58.0 Å². The molecule has 5 rings (SSSR count). The monoisotopic (exact) mass is 536 g/mol. The van der Waals surface area contributed by atoms with Gasteiger partial charge in [0.2, 0.25) is 5.78 Å². The second-order valence-corrected chi connectivity index (χ2v) is 10.2. The SMILES string of the molecule is CO/N=C/c1ccn(-c2ccc(O)c3c2C[C@H]2C[C@H]4[C@H](N(C)C)C(=O)C(C(N)=O)=C(O)[C@@]4(O)C(=O)C2=C3O)c1. The molecule has 39 heavy (non-hydrogen) atoms. The number of fused-ring (bicyclic) bond motifs is 3. The molecular formula is C27H28N4O8. The summed E-state index contributed by atoms with van der Waals surface area (Å²) >= 11 is 0. The summed E-state index contributed by atoms with van der Waals surface area (Å²) in [6, 6.07) is 3.70. The lowest BCUT2D eigenvalue weighted by Crippen LogP contribution is -2.65. The number of oxime groups is 1. The van der Waals surface area contributed by atoms with Gasteiger partial charge in [-0.2, -0.15) is 0 Å². The number of rotatable bonds is 5. The second-order valence-electron chi connectivity index (χ2n) is 10.2. The Labute approximate surface area is 222 Å². The molecule has 1 heterocycles. The number of benzene rings is 1. The van der Waals surface area contributed by atoms with Crippen molar-refractivity contribution in [2.75, 3.05) is 21.2 Å². The van der Waals surface area contributed by atoms with Gasteiger partial charge in [0.1, 0.15) is 30.0 Å². The van der Waals surface area contributed by atoms with Gasteiger partial charge in [0.15, 0.2) is 11.4 Å². The van der Waals surface area contributed by atoms with Gasteiger partial charge in [0.05, 0.1) is 17.8 Å². The van der Waals surface area contributed by atoms with Crippen LogP contribution in [-0.4, -0.2) is 86.4 Å². The van der Waals surface area contributed by atoms with E-state index >= 15 is 0 Å². The first-order valence-electron chi connectivity index (χ1n) is 12.2. The van der Waals surface area contributed by atoms with Crippen molar-refractivity contribution in [3.8, 4) is 11.4 Å². The Hall–Kier alpha value is -4.42. The van der Waals surface area contributed by atoms with Crippen molar-refractivity contribution in [1.82, 2.24) is 9.47 Å². The summed E-state index contributed by atoms with van der Waals surface area (Å²) < 4.78 is 1.77. The Morgan fingerprint density at radius 2 is 1.95 bits per heavy atom. The third-order valence-corrected chi connectivity index (χ3v) is 7.88. The molecule has 1 amide bonds. The molecule has 2 aromatic rings. The van der Waals surface area contributed by atoms with Crippen molar-refractivity contribution in [2.24, 2.45) is 22.7 Å². The quantitative estimate of drug-likeness (QED) is 0.209. The van der Waals surface area contributed by atoms with Gasteiger partial charge in [0.25, 0.3) is 5.91 Å². The minimum Gasteiger partial charge on any atom is -0.508 e. The smallest absolute Gasteiger partial charge is 0.255 e. The largest absolute Gasteiger partial charge is 0.508 e. The molecular weight excluding hydrogens is 508 g/mol. The van der Waals surface area contributed by atoms with Gasteiger partial charge in [-0.1, -0.05) is 5.16 Å². The minimum atomic E-state index is -2.67. The summed E-state index contributed by atoms with van der Waals surface area (Å²) in [6.07, 6.45) is 5.24. The fourth-order valence-corrected chi connectivity index (χ4v) is 6.22. The highest BCUT2D eigenvalue weighted by molar-refractivity contribution is 6.24. The van der Waals surface area contributed by atoms with Crippen LogP contribution in [0, 0.1) is 11.8 Å². The second kappa shape index (κ2) is 9.10. The van der Waals surface area contributed by atoms with Crippen molar-refractivity contribution in [3.05, 3.63) is 64.2 Å². The summed E-state index contributed by atoms with van der Waals surface area (Å²) in [5.74, 6) is -6.87. The normalized spacial score (nSPS) is 26.6. The molecule has 4 atom stereocenters. The Morgan fingerprint density at radius 3 is 2.59 bits per heavy atom. The molecule has 12 heteroatoms. The fraction of sp³-hybridized carbons (Fsp3) is 0.333. The Bertz CT molecular complexity index is 1520. The molecule has 0 radical (unpaired) electrons. The summed E-state index contributed by atoms with van der Waals surface area (Å²) in [7, 11) is 4.54. The lowest BCUT2D eigenvalue weighted by molar-refractivity contribution is -0.153. The molecule has 0 unspecified atom stereocenters. The lowest BCUT2D eigenvalue weighted by Gasteiger charge is -2.50. The molecule has 6 N–H and O–H groups in total. The number of ketones is 2. The maximum atomic E-state index is 13.9. The predicted octanol–water partition coefficient (Wildman–Crippen LogP) is 0.735. The molecule has 1 aromatic carbocycles. The maximum Gasteiger partial charge on any atom is 0.255 e. The van der Waals surface area contributed by atoms with Crippen molar-refractivity contribution >= 4 is 29.4 Å². The molecule has 1 fully saturated rings. The van der Waals surface area contributed by atoms with Crippen LogP contribution in [0.15, 0.2) is 52.7 Å². The van der Waals surface area contributed by atoms with Gasteiger partial charge < -0.3 is 35.6 Å². The standard InChI is InChI=1S/C27H28N4O8/c1-30(2)21-15-9-13-8-14-16(31-7-6-12(11-31)10-29-39-3)4-5-17(32)19(14)22(33)18(13)24(35)27(15,38)25(36)20(23(21)34)26(28)37/h4-7,10-11,13,15,21,32-33,36,38H,8-9H2,1-3H3,(H2,28,37)/b29-10+/t13-,15-,21-,27-/m0/s1. The molecule has 1 aromatic heterocycles. The van der Waals surface area contributed by atoms with Gasteiger partial charge in [-0.25, -0.2) is 0 Å². The predicted molar refractivity (Wildman–Crippen MR) is 138 cm³/mol. The number of aliphatic hydroxyl groups is 3. The Morgan fingerprint density at radius 1 is 1.23 bits per heavy atom. The van der Waals surface area contributed by atoms with Crippen molar-refractivity contribution in [2.45, 2.75) is 24.5 Å². The lowest BCUT2D eigenvalue weighted by atomic mass is 9.57. The van der Waals surface area contributed by atoms with E-state index in [2.05, 4.69) is 5.16 Å². The van der Waals surface area contributed by atoms with Crippen LogP contribution in [0.1, 0.15) is 23.1 Å². The molecule has 12 nitrogen and oxygen atoms in total. The molecule has 0 saturated heterocycles. The minimum absolute atomic E-state index is 0.0122. The highest BCUT2D eigenvalue weighted by Gasteiger charge is 2.64. The van der Waals surface area contributed by atoms with Gasteiger partial charge in [0, 0.05) is 35.1 Å². The number of aromatic nitrogens is 1. The van der Waals surface area contributed by atoms with E-state index in [1.165, 1.54) is 24.3 Å². The summed E-state index contributed by atoms with van der Waals surface area (Å²) in [5.41, 5.74) is 3.56. The number of aliphatic hydroxyl groups excluding tert-OH is 2. The Kier molecular flexibility index (Phi) is 6.11. The zero-order valence-corrected chi connectivity index (χ0v) is 21.5. The van der Waals surface area contributed by atoms with E-state index in [9.17, 15) is 34.8 Å². The van der Waals surface area contributed by atoms with Gasteiger partial charge in [-0.3, -0.25) is 19.3 Å². The first-order valence-corrected chi connectivity index (χ1v) is 12.2. The average molecular weight is 537 g/mol. The number of nitrogens with two attached hydrogens (primary N) is 1. The molecule has 0 aliphatic heterocycles. The van der Waals surface area contributed by atoms with Gasteiger partial charge >= 0.3 is 0 Å². The van der Waals surface area contributed by atoms with E-state index in [0.29, 0.717) is 11.3 Å². The van der Waals surface area contributed by atoms with E-state index in [1.807, 2.05) is 0 Å². The zero-order chi connectivity index (χ0) is 28.4. The van der Waals surface area contributed by atoms with Gasteiger partial charge in [-0.15, -0.1) is 0 Å². The number of amides is 1. The molecule has 204 valence electrons. The topological polar surface area (TPSA) is 188 Å². The van der Waals surface area contributed by atoms with E-state index in [-0.39, 0.29) is 29.7 Å². The van der Waals surface area contributed by atoms with Crippen LogP contribution in [0.4, 0.5) is 0 Å². The molecule has 0 spiro atoms. The fourth-order valence-electron chi connectivity index (χ4n) is 6.22. The maximum absolute atomic E-state index is 13.9. The van der Waals surface area contributed by atoms with Crippen LogP contribution in [0.3, 0.4) is 0 Å². The van der Waals surface area contributed by atoms with Crippen molar-refractivity contribution in [1.29, 1.82) is 0 Å². The molecule has 0 bridgehead atoms. The van der Waals surface area contributed by atoms with Crippen LogP contribution < -0.4 is 5.73 Å². The highest BCUT2D eigenvalue weighted by atomic mass is 16.6. The van der Waals surface area contributed by atoms with E-state index in [4.69, 9.17) is 10.6 Å². The number of nitrogens with zero attached hydrogens (tertiary/aromatic N) is 3. The van der Waals surface area contributed by atoms with E-state index in [1.54, 1.807) is 43.2 Å².